The molecule has 0 spiro atoms. The Kier molecular flexibility index (Phi) is 6.05. The van der Waals surface area contributed by atoms with Crippen LogP contribution in [-0.4, -0.2) is 26.8 Å². The Bertz CT molecular complexity index is 911. The van der Waals surface area contributed by atoms with Crippen molar-refractivity contribution in [2.24, 2.45) is 5.92 Å². The topological polar surface area (TPSA) is 88.1 Å². The maximum absolute atomic E-state index is 12.7. The molecule has 0 radical (unpaired) electrons. The number of carbonyl (C=O) groups is 1. The first-order chi connectivity index (χ1) is 13.0. The molecule has 1 aliphatic rings. The molecule has 8 heteroatoms. The second kappa shape index (κ2) is 8.47. The van der Waals surface area contributed by atoms with Gasteiger partial charge in [-0.3, -0.25) is 20.4 Å². The van der Waals surface area contributed by atoms with Crippen LogP contribution in [0.5, 0.6) is 0 Å². The van der Waals surface area contributed by atoms with Gasteiger partial charge in [0.1, 0.15) is 0 Å². The monoisotopic (exact) mass is 387 g/mol. The minimum atomic E-state index is -0.436. The Hall–Kier alpha value is -2.48. The van der Waals surface area contributed by atoms with Crippen molar-refractivity contribution in [1.82, 2.24) is 25.9 Å². The minimum Gasteiger partial charge on any atom is -0.358 e. The van der Waals surface area contributed by atoms with Gasteiger partial charge in [0.2, 0.25) is 0 Å². The van der Waals surface area contributed by atoms with Crippen LogP contribution >= 0.6 is 12.2 Å². The second-order valence-electron chi connectivity index (χ2n) is 6.94. The van der Waals surface area contributed by atoms with Crippen molar-refractivity contribution < 1.29 is 4.79 Å². The molecule has 1 aromatic carbocycles. The number of amides is 1. The fraction of sp³-hybridized carbons (Fsp3) is 0.474. The Labute approximate surface area is 163 Å². The third-order valence-corrected chi connectivity index (χ3v) is 5.32. The van der Waals surface area contributed by atoms with Crippen LogP contribution in [0.4, 0.5) is 0 Å². The Balaban J connectivity index is 1.72. The number of nitrogens with one attached hydrogen (secondary N) is 3. The molecule has 0 unspecified atom stereocenters. The van der Waals surface area contributed by atoms with Gasteiger partial charge in [0.05, 0.1) is 5.39 Å². The molecule has 27 heavy (non-hydrogen) atoms. The van der Waals surface area contributed by atoms with E-state index < -0.39 is 5.91 Å². The van der Waals surface area contributed by atoms with Gasteiger partial charge in [-0.2, -0.15) is 5.10 Å². The molecule has 3 rings (SSSR count). The summed E-state index contributed by atoms with van der Waals surface area (Å²) >= 11 is 5.31. The van der Waals surface area contributed by atoms with Crippen LogP contribution in [-0.2, 0) is 6.54 Å². The molecule has 3 N–H and O–H groups in total. The first kappa shape index (κ1) is 19.3. The van der Waals surface area contributed by atoms with Crippen LogP contribution in [0.1, 0.15) is 50.0 Å². The number of nitrogens with zero attached hydrogens (tertiary/aromatic N) is 2. The Morgan fingerprint density at radius 2 is 1.93 bits per heavy atom. The van der Waals surface area contributed by atoms with Crippen LogP contribution < -0.4 is 21.7 Å². The summed E-state index contributed by atoms with van der Waals surface area (Å²) in [6, 6.07) is 7.29. The van der Waals surface area contributed by atoms with Crippen molar-refractivity contribution in [3.63, 3.8) is 0 Å². The van der Waals surface area contributed by atoms with Gasteiger partial charge in [0, 0.05) is 18.0 Å². The maximum Gasteiger partial charge on any atom is 0.290 e. The van der Waals surface area contributed by atoms with Gasteiger partial charge in [-0.1, -0.05) is 38.0 Å². The van der Waals surface area contributed by atoms with Gasteiger partial charge < -0.3 is 5.32 Å². The van der Waals surface area contributed by atoms with Gasteiger partial charge in [-0.05, 0) is 44.0 Å². The van der Waals surface area contributed by atoms with E-state index in [0.29, 0.717) is 34.4 Å². The van der Waals surface area contributed by atoms with Crippen molar-refractivity contribution in [2.45, 2.75) is 52.1 Å². The van der Waals surface area contributed by atoms with E-state index >= 15 is 0 Å². The molecule has 1 saturated carbocycles. The number of carbonyl (C=O) groups excluding carboxylic acids is 1. The third kappa shape index (κ3) is 4.27. The van der Waals surface area contributed by atoms with E-state index in [9.17, 15) is 9.59 Å². The number of hydrogen-bond acceptors (Lipinski definition) is 4. The number of benzene rings is 1. The summed E-state index contributed by atoms with van der Waals surface area (Å²) < 4.78 is 1.29. The fourth-order valence-electron chi connectivity index (χ4n) is 3.53. The zero-order valence-electron chi connectivity index (χ0n) is 15.6. The summed E-state index contributed by atoms with van der Waals surface area (Å²) in [6.07, 6.45) is 4.69. The van der Waals surface area contributed by atoms with Crippen LogP contribution in [0, 0.1) is 5.92 Å². The van der Waals surface area contributed by atoms with Crippen LogP contribution in [0.2, 0.25) is 0 Å². The van der Waals surface area contributed by atoms with Crippen LogP contribution in [0.25, 0.3) is 10.8 Å². The van der Waals surface area contributed by atoms with Gasteiger partial charge in [0.25, 0.3) is 11.5 Å². The van der Waals surface area contributed by atoms with Crippen LogP contribution in [0.3, 0.4) is 0 Å². The van der Waals surface area contributed by atoms with Crippen molar-refractivity contribution >= 4 is 34.0 Å². The number of rotatable bonds is 3. The van der Waals surface area contributed by atoms with E-state index in [0.717, 1.165) is 6.42 Å². The summed E-state index contributed by atoms with van der Waals surface area (Å²) in [7, 11) is 0. The van der Waals surface area contributed by atoms with Gasteiger partial charge in [-0.25, -0.2) is 4.68 Å². The molecule has 2 aromatic rings. The summed E-state index contributed by atoms with van der Waals surface area (Å²) in [5, 5.41) is 8.86. The molecule has 0 aliphatic heterocycles. The van der Waals surface area contributed by atoms with E-state index in [2.05, 4.69) is 28.2 Å². The highest BCUT2D eigenvalue weighted by molar-refractivity contribution is 7.80. The van der Waals surface area contributed by atoms with Crippen molar-refractivity contribution in [3.05, 3.63) is 40.3 Å². The molecule has 1 aliphatic carbocycles. The highest BCUT2D eigenvalue weighted by Crippen LogP contribution is 2.23. The number of hydrazine groups is 1. The van der Waals surface area contributed by atoms with E-state index in [4.69, 9.17) is 12.2 Å². The lowest BCUT2D eigenvalue weighted by atomic mass is 9.86. The molecule has 0 saturated heterocycles. The van der Waals surface area contributed by atoms with Gasteiger partial charge in [-0.15, -0.1) is 0 Å². The van der Waals surface area contributed by atoms with Gasteiger partial charge in [0.15, 0.2) is 10.8 Å². The predicted molar refractivity (Wildman–Crippen MR) is 109 cm³/mol. The van der Waals surface area contributed by atoms with Crippen LogP contribution in [0.15, 0.2) is 29.1 Å². The summed E-state index contributed by atoms with van der Waals surface area (Å²) in [6.45, 7) is 4.41. The Morgan fingerprint density at radius 1 is 1.22 bits per heavy atom. The summed E-state index contributed by atoms with van der Waals surface area (Å²) in [4.78, 5) is 25.0. The number of aromatic nitrogens is 2. The van der Waals surface area contributed by atoms with E-state index in [-0.39, 0.29) is 11.3 Å². The van der Waals surface area contributed by atoms with E-state index in [1.165, 1.54) is 23.9 Å². The Morgan fingerprint density at radius 3 is 2.63 bits per heavy atom. The third-order valence-electron chi connectivity index (χ3n) is 5.10. The molecule has 1 fully saturated rings. The predicted octanol–water partition coefficient (Wildman–Crippen LogP) is 2.10. The lowest BCUT2D eigenvalue weighted by Crippen LogP contribution is -2.51. The lowest BCUT2D eigenvalue weighted by molar-refractivity contribution is 0.0938. The smallest absolute Gasteiger partial charge is 0.290 e. The second-order valence-corrected chi connectivity index (χ2v) is 7.34. The molecule has 7 nitrogen and oxygen atoms in total. The van der Waals surface area contributed by atoms with Crippen molar-refractivity contribution in [3.8, 4) is 0 Å². The average molecular weight is 388 g/mol. The molecule has 2 atom stereocenters. The quantitative estimate of drug-likeness (QED) is 0.552. The normalized spacial score (nSPS) is 19.5. The number of fused-ring (bicyclic) bond motifs is 1. The number of hydrogen-bond donors (Lipinski definition) is 3. The highest BCUT2D eigenvalue weighted by atomic mass is 32.1. The zero-order chi connectivity index (χ0) is 19.4. The average Bonchev–Trinajstić information content (AvgIpc) is 2.68. The maximum atomic E-state index is 12.7. The zero-order valence-corrected chi connectivity index (χ0v) is 16.4. The lowest BCUT2D eigenvalue weighted by Gasteiger charge is -2.30. The molecule has 0 bridgehead atoms. The number of thiocarbonyl (C=S) groups is 1. The first-order valence-corrected chi connectivity index (χ1v) is 9.78. The largest absolute Gasteiger partial charge is 0.358 e. The standard InChI is InChI=1S/C19H25N5O2S/c1-3-24-18(26)14-10-6-5-9-13(14)16(23-24)17(25)21-22-19(27)20-15-11-7-4-8-12(15)2/h5-6,9-10,12,15H,3-4,7-8,11H2,1-2H3,(H,21,25)(H2,20,22,27)/t12-,15+/m1/s1. The van der Waals surface area contributed by atoms with E-state index in [1.54, 1.807) is 24.3 Å². The van der Waals surface area contributed by atoms with Crippen molar-refractivity contribution in [1.29, 1.82) is 0 Å². The SMILES string of the molecule is CCn1nc(C(=O)NNC(=S)N[C@H]2CCCC[C@H]2C)c2ccccc2c1=O. The van der Waals surface area contributed by atoms with Gasteiger partial charge >= 0.3 is 0 Å². The molecular formula is C19H25N5O2S. The molecule has 1 aromatic heterocycles. The minimum absolute atomic E-state index is 0.188. The molecular weight excluding hydrogens is 362 g/mol. The highest BCUT2D eigenvalue weighted by Gasteiger charge is 2.22. The summed E-state index contributed by atoms with van der Waals surface area (Å²) in [5.74, 6) is 0.113. The van der Waals surface area contributed by atoms with E-state index in [1.807, 2.05) is 6.92 Å². The molecule has 1 amide bonds. The fourth-order valence-corrected chi connectivity index (χ4v) is 3.73. The number of aryl methyl sites for hydroxylation is 1. The summed E-state index contributed by atoms with van der Waals surface area (Å²) in [5.41, 5.74) is 5.34. The first-order valence-electron chi connectivity index (χ1n) is 9.38. The van der Waals surface area contributed by atoms with Crippen molar-refractivity contribution in [2.75, 3.05) is 0 Å². The molecule has 1 heterocycles. The molecule has 144 valence electrons.